The second-order valence-electron chi connectivity index (χ2n) is 8.93. The van der Waals surface area contributed by atoms with Gasteiger partial charge in [0.1, 0.15) is 17.2 Å². The minimum atomic E-state index is -1.02. The minimum absolute atomic E-state index is 0.0222. The fourth-order valence-corrected chi connectivity index (χ4v) is 4.19. The third-order valence-electron chi connectivity index (χ3n) is 5.57. The lowest BCUT2D eigenvalue weighted by Crippen LogP contribution is -2.31. The highest BCUT2D eigenvalue weighted by molar-refractivity contribution is 7.14. The van der Waals surface area contributed by atoms with E-state index in [0.29, 0.717) is 34.2 Å². The van der Waals surface area contributed by atoms with E-state index in [9.17, 15) is 14.4 Å². The molecule has 12 heteroatoms. The van der Waals surface area contributed by atoms with Crippen LogP contribution in [-0.4, -0.2) is 52.1 Å². The van der Waals surface area contributed by atoms with E-state index in [4.69, 9.17) is 26.2 Å². The number of nitrogens with one attached hydrogen (secondary N) is 2. The maximum absolute atomic E-state index is 12.7. The summed E-state index contributed by atoms with van der Waals surface area (Å²) in [5.74, 6) is -0.127. The Bertz CT molecular complexity index is 1370. The van der Waals surface area contributed by atoms with Crippen LogP contribution in [0, 0.1) is 5.92 Å². The van der Waals surface area contributed by atoms with Gasteiger partial charge in [0.15, 0.2) is 0 Å². The molecule has 1 aromatic carbocycles. The van der Waals surface area contributed by atoms with Crippen molar-refractivity contribution in [3.05, 3.63) is 70.0 Å². The van der Waals surface area contributed by atoms with E-state index in [2.05, 4.69) is 20.6 Å². The molecule has 3 aromatic rings. The van der Waals surface area contributed by atoms with Crippen molar-refractivity contribution in [2.24, 2.45) is 5.92 Å². The van der Waals surface area contributed by atoms with Crippen molar-refractivity contribution >= 4 is 46.8 Å². The van der Waals surface area contributed by atoms with E-state index < -0.39 is 11.9 Å². The van der Waals surface area contributed by atoms with Gasteiger partial charge in [-0.2, -0.15) is 0 Å². The number of carboxylic acid groups (broad SMARTS) is 1. The fraction of sp³-hybridized carbons (Fsp3) is 0.296. The molecular weight excluding hydrogens is 544 g/mol. The van der Waals surface area contributed by atoms with Crippen molar-refractivity contribution in [2.45, 2.75) is 32.2 Å². The van der Waals surface area contributed by atoms with Crippen molar-refractivity contribution in [3.8, 4) is 16.7 Å². The minimum Gasteiger partial charge on any atom is -0.493 e. The molecule has 0 spiro atoms. The molecule has 3 N–H and O–H groups in total. The SMILES string of the molecule is C[C@@H](C=Cc1cnc(Oc2ccc(OCC3CC3)cc2Cl)s1)NC(=O)c1ccnc(C(=O)NCCC(=O)O)c1. The van der Waals surface area contributed by atoms with E-state index in [0.717, 1.165) is 4.88 Å². The van der Waals surface area contributed by atoms with Crippen LogP contribution in [0.5, 0.6) is 16.7 Å². The van der Waals surface area contributed by atoms with Crippen LogP contribution < -0.4 is 20.1 Å². The van der Waals surface area contributed by atoms with E-state index in [1.54, 1.807) is 31.3 Å². The molecule has 0 aliphatic heterocycles. The predicted molar refractivity (Wildman–Crippen MR) is 147 cm³/mol. The monoisotopic (exact) mass is 570 g/mol. The molecule has 4 rings (SSSR count). The summed E-state index contributed by atoms with van der Waals surface area (Å²) in [5.41, 5.74) is 0.275. The van der Waals surface area contributed by atoms with Gasteiger partial charge in [-0.25, -0.2) is 4.98 Å². The van der Waals surface area contributed by atoms with Gasteiger partial charge in [0, 0.05) is 36.6 Å². The number of nitrogens with zero attached hydrogens (tertiary/aromatic N) is 2. The highest BCUT2D eigenvalue weighted by atomic mass is 35.5. The van der Waals surface area contributed by atoms with Gasteiger partial charge >= 0.3 is 5.97 Å². The third kappa shape index (κ3) is 8.79. The zero-order chi connectivity index (χ0) is 27.8. The molecule has 39 heavy (non-hydrogen) atoms. The first-order valence-electron chi connectivity index (χ1n) is 12.3. The van der Waals surface area contributed by atoms with Gasteiger partial charge < -0.3 is 25.2 Å². The molecule has 0 saturated heterocycles. The number of aliphatic carboxylic acids is 1. The van der Waals surface area contributed by atoms with Crippen molar-refractivity contribution in [1.82, 2.24) is 20.6 Å². The molecule has 2 aromatic heterocycles. The van der Waals surface area contributed by atoms with Gasteiger partial charge in [0.2, 0.25) is 0 Å². The Balaban J connectivity index is 1.28. The lowest BCUT2D eigenvalue weighted by atomic mass is 10.2. The van der Waals surface area contributed by atoms with E-state index >= 15 is 0 Å². The van der Waals surface area contributed by atoms with Crippen molar-refractivity contribution in [2.75, 3.05) is 13.2 Å². The number of carbonyl (C=O) groups is 3. The molecule has 2 heterocycles. The quantitative estimate of drug-likeness (QED) is 0.266. The van der Waals surface area contributed by atoms with E-state index in [1.807, 2.05) is 12.1 Å². The summed E-state index contributed by atoms with van der Waals surface area (Å²) in [6, 6.07) is 7.82. The Morgan fingerprint density at radius 1 is 1.21 bits per heavy atom. The molecule has 2 amide bonds. The molecule has 1 atom stereocenters. The fourth-order valence-electron chi connectivity index (χ4n) is 3.29. The van der Waals surface area contributed by atoms with Crippen LogP contribution in [0.4, 0.5) is 0 Å². The number of amides is 2. The first-order chi connectivity index (χ1) is 18.8. The number of carbonyl (C=O) groups excluding carboxylic acids is 2. The van der Waals surface area contributed by atoms with Gasteiger partial charge in [-0.15, -0.1) is 0 Å². The number of hydrogen-bond acceptors (Lipinski definition) is 8. The number of thiazole rings is 1. The Labute approximate surface area is 234 Å². The van der Waals surface area contributed by atoms with Crippen LogP contribution in [0.15, 0.2) is 48.8 Å². The molecule has 0 unspecified atom stereocenters. The standard InChI is InChI=1S/C27H27ClN4O6S/c1-16(32-25(35)18-8-10-29-22(12-18)26(36)30-11-9-24(33)34)2-6-20-14-31-27(39-20)38-23-7-5-19(13-21(23)28)37-15-17-3-4-17/h2,5-8,10,12-14,16-17H,3-4,9,11,15H2,1H3,(H,30,36)(H,32,35)(H,33,34)/t16-/m0/s1. The number of ether oxygens (including phenoxy) is 2. The van der Waals surface area contributed by atoms with Gasteiger partial charge in [-0.1, -0.05) is 29.0 Å². The Morgan fingerprint density at radius 3 is 2.77 bits per heavy atom. The smallest absolute Gasteiger partial charge is 0.305 e. The number of hydrogen-bond donors (Lipinski definition) is 3. The molecule has 1 saturated carbocycles. The summed E-state index contributed by atoms with van der Waals surface area (Å²) in [7, 11) is 0. The Kier molecular flexibility index (Phi) is 9.50. The lowest BCUT2D eigenvalue weighted by Gasteiger charge is -2.10. The predicted octanol–water partition coefficient (Wildman–Crippen LogP) is 4.81. The molecule has 1 aliphatic carbocycles. The Hall–Kier alpha value is -3.96. The molecule has 204 valence electrons. The molecule has 1 fully saturated rings. The number of aromatic nitrogens is 2. The summed E-state index contributed by atoms with van der Waals surface area (Å²) in [5, 5.41) is 14.8. The van der Waals surface area contributed by atoms with Crippen LogP contribution in [0.3, 0.4) is 0 Å². The first kappa shape index (κ1) is 28.1. The van der Waals surface area contributed by atoms with Crippen LogP contribution >= 0.6 is 22.9 Å². The Morgan fingerprint density at radius 2 is 2.03 bits per heavy atom. The van der Waals surface area contributed by atoms with E-state index in [-0.39, 0.29) is 36.2 Å². The summed E-state index contributed by atoms with van der Waals surface area (Å²) in [6.45, 7) is 2.47. The highest BCUT2D eigenvalue weighted by Gasteiger charge is 2.22. The van der Waals surface area contributed by atoms with Crippen LogP contribution in [-0.2, 0) is 4.79 Å². The summed E-state index contributed by atoms with van der Waals surface area (Å²) < 4.78 is 11.6. The lowest BCUT2D eigenvalue weighted by molar-refractivity contribution is -0.136. The van der Waals surface area contributed by atoms with Crippen LogP contribution in [0.1, 0.15) is 51.9 Å². The molecule has 0 radical (unpaired) electrons. The molecule has 1 aliphatic rings. The topological polar surface area (TPSA) is 140 Å². The number of pyridine rings is 1. The number of rotatable bonds is 13. The van der Waals surface area contributed by atoms with E-state index in [1.165, 1.54) is 42.5 Å². The molecular formula is C27H27ClN4O6S. The average molecular weight is 571 g/mol. The van der Waals surface area contributed by atoms with Crippen molar-refractivity contribution < 1.29 is 29.0 Å². The van der Waals surface area contributed by atoms with Crippen molar-refractivity contribution in [3.63, 3.8) is 0 Å². The van der Waals surface area contributed by atoms with Gasteiger partial charge in [-0.3, -0.25) is 19.4 Å². The zero-order valence-corrected chi connectivity index (χ0v) is 22.6. The number of halogens is 1. The van der Waals surface area contributed by atoms with Gasteiger partial charge in [0.25, 0.3) is 17.0 Å². The van der Waals surface area contributed by atoms with Gasteiger partial charge in [0.05, 0.1) is 22.9 Å². The maximum Gasteiger partial charge on any atom is 0.305 e. The van der Waals surface area contributed by atoms with Crippen LogP contribution in [0.25, 0.3) is 6.08 Å². The number of carboxylic acids is 1. The second-order valence-corrected chi connectivity index (χ2v) is 10.4. The van der Waals surface area contributed by atoms with Gasteiger partial charge in [-0.05, 0) is 56.0 Å². The number of benzene rings is 1. The molecule has 0 bridgehead atoms. The summed E-state index contributed by atoms with van der Waals surface area (Å²) in [4.78, 5) is 44.4. The average Bonchev–Trinajstić information content (AvgIpc) is 3.64. The highest BCUT2D eigenvalue weighted by Crippen LogP contribution is 2.35. The summed E-state index contributed by atoms with van der Waals surface area (Å²) in [6.07, 6.45) is 8.84. The van der Waals surface area contributed by atoms with Crippen molar-refractivity contribution in [1.29, 1.82) is 0 Å². The normalized spacial score (nSPS) is 13.6. The first-order valence-corrected chi connectivity index (χ1v) is 13.5. The summed E-state index contributed by atoms with van der Waals surface area (Å²) >= 11 is 7.67. The second kappa shape index (κ2) is 13.2. The zero-order valence-electron chi connectivity index (χ0n) is 21.1. The largest absolute Gasteiger partial charge is 0.493 e. The molecule has 10 nitrogen and oxygen atoms in total. The van der Waals surface area contributed by atoms with Crippen LogP contribution in [0.2, 0.25) is 5.02 Å². The third-order valence-corrected chi connectivity index (χ3v) is 6.71. The maximum atomic E-state index is 12.7.